The Morgan fingerprint density at radius 1 is 0.818 bits per heavy atom. The third kappa shape index (κ3) is 5.83. The smallest absolute Gasteiger partial charge is 0.235 e. The number of para-hydroxylation sites is 4. The average Bonchev–Trinajstić information content (AvgIpc) is 3.00. The van der Waals surface area contributed by atoms with Crippen molar-refractivity contribution in [2.45, 2.75) is 31.8 Å². The second kappa shape index (κ2) is 12.8. The van der Waals surface area contributed by atoms with Crippen LogP contribution in [0.15, 0.2) is 84.9 Å². The van der Waals surface area contributed by atoms with Gasteiger partial charge in [0.05, 0.1) is 43.7 Å². The predicted molar refractivity (Wildman–Crippen MR) is 168 cm³/mol. The monoisotopic (exact) mass is 596 g/mol. The Morgan fingerprint density at radius 2 is 1.39 bits per heavy atom. The van der Waals surface area contributed by atoms with Crippen molar-refractivity contribution < 1.29 is 33.7 Å². The standard InChI is InChI=1S/C35H36N2O7/c1-5-44-28-19-18-21-12-6-7-13-22(21)29(28)31-30(33(39)36-23-14-8-10-16-26(23)42-3)25(38)20-35(2,41)32(31)34(40)37-24-15-9-11-17-27(24)43-4/h6-19,30-32,41H,5,20H2,1-4H3,(H,36,39)(H,37,40). The third-order valence-electron chi connectivity index (χ3n) is 8.13. The van der Waals surface area contributed by atoms with E-state index < -0.39 is 47.4 Å². The van der Waals surface area contributed by atoms with E-state index in [1.807, 2.05) is 37.3 Å². The van der Waals surface area contributed by atoms with E-state index in [1.54, 1.807) is 54.6 Å². The van der Waals surface area contributed by atoms with Crippen LogP contribution in [0.2, 0.25) is 0 Å². The number of carbonyl (C=O) groups is 3. The van der Waals surface area contributed by atoms with Crippen molar-refractivity contribution in [3.63, 3.8) is 0 Å². The Hall–Kier alpha value is -4.89. The number of aliphatic hydroxyl groups is 1. The minimum absolute atomic E-state index is 0.304. The fourth-order valence-electron chi connectivity index (χ4n) is 6.26. The maximum absolute atomic E-state index is 14.3. The van der Waals surface area contributed by atoms with Gasteiger partial charge in [-0.1, -0.05) is 54.6 Å². The molecule has 0 saturated heterocycles. The maximum Gasteiger partial charge on any atom is 0.235 e. The summed E-state index contributed by atoms with van der Waals surface area (Å²) in [5, 5.41) is 19.2. The number of methoxy groups -OCH3 is 2. The molecule has 1 aliphatic rings. The zero-order valence-corrected chi connectivity index (χ0v) is 25.1. The summed E-state index contributed by atoms with van der Waals surface area (Å²) in [6, 6.07) is 25.0. The summed E-state index contributed by atoms with van der Waals surface area (Å²) in [6.07, 6.45) is -0.410. The molecule has 4 unspecified atom stereocenters. The van der Waals surface area contributed by atoms with Crippen LogP contribution in [-0.2, 0) is 14.4 Å². The van der Waals surface area contributed by atoms with Crippen LogP contribution in [0, 0.1) is 11.8 Å². The number of ketones is 1. The van der Waals surface area contributed by atoms with E-state index in [1.165, 1.54) is 21.1 Å². The van der Waals surface area contributed by atoms with E-state index >= 15 is 0 Å². The zero-order chi connectivity index (χ0) is 31.4. The first-order chi connectivity index (χ1) is 21.2. The number of anilines is 2. The SMILES string of the molecule is CCOc1ccc2ccccc2c1C1C(C(=O)Nc2ccccc2OC)C(=O)CC(C)(O)C1C(=O)Nc1ccccc1OC. The molecule has 5 rings (SSSR count). The van der Waals surface area contributed by atoms with E-state index in [0.717, 1.165) is 5.39 Å². The van der Waals surface area contributed by atoms with Crippen LogP contribution in [0.5, 0.6) is 17.2 Å². The van der Waals surface area contributed by atoms with E-state index in [4.69, 9.17) is 14.2 Å². The fraction of sp³-hybridized carbons (Fsp3) is 0.286. The molecule has 9 heteroatoms. The molecule has 4 aromatic rings. The number of nitrogens with one attached hydrogen (secondary N) is 2. The van der Waals surface area contributed by atoms with Crippen LogP contribution in [-0.4, -0.2) is 49.1 Å². The second-order valence-electron chi connectivity index (χ2n) is 11.0. The van der Waals surface area contributed by atoms with Crippen LogP contribution in [0.1, 0.15) is 31.7 Å². The minimum atomic E-state index is -1.81. The Balaban J connectivity index is 1.72. The van der Waals surface area contributed by atoms with E-state index in [0.29, 0.717) is 46.2 Å². The van der Waals surface area contributed by atoms with E-state index in [2.05, 4.69) is 10.6 Å². The lowest BCUT2D eigenvalue weighted by Gasteiger charge is -2.45. The molecule has 0 spiro atoms. The Kier molecular flexibility index (Phi) is 8.87. The summed E-state index contributed by atoms with van der Waals surface area (Å²) in [5.41, 5.74) is -0.542. The Labute approximate surface area is 256 Å². The zero-order valence-electron chi connectivity index (χ0n) is 25.1. The molecule has 4 atom stereocenters. The normalized spacial score (nSPS) is 21.4. The molecule has 1 fully saturated rings. The van der Waals surface area contributed by atoms with Gasteiger partial charge in [0.25, 0.3) is 0 Å². The van der Waals surface area contributed by atoms with Crippen LogP contribution in [0.25, 0.3) is 10.8 Å². The highest BCUT2D eigenvalue weighted by Crippen LogP contribution is 2.51. The topological polar surface area (TPSA) is 123 Å². The van der Waals surface area contributed by atoms with Crippen molar-refractivity contribution in [1.82, 2.24) is 0 Å². The van der Waals surface area contributed by atoms with Gasteiger partial charge in [-0.3, -0.25) is 14.4 Å². The number of carbonyl (C=O) groups excluding carboxylic acids is 3. The highest BCUT2D eigenvalue weighted by atomic mass is 16.5. The first-order valence-electron chi connectivity index (χ1n) is 14.5. The second-order valence-corrected chi connectivity index (χ2v) is 11.0. The number of hydrogen-bond donors (Lipinski definition) is 3. The van der Waals surface area contributed by atoms with Gasteiger partial charge in [-0.05, 0) is 55.0 Å². The molecule has 0 aliphatic heterocycles. The lowest BCUT2D eigenvalue weighted by Crippen LogP contribution is -2.56. The Morgan fingerprint density at radius 3 is 2.00 bits per heavy atom. The van der Waals surface area contributed by atoms with Crippen molar-refractivity contribution in [2.75, 3.05) is 31.5 Å². The first-order valence-corrected chi connectivity index (χ1v) is 14.5. The molecule has 0 radical (unpaired) electrons. The summed E-state index contributed by atoms with van der Waals surface area (Å²) in [7, 11) is 2.98. The molecule has 44 heavy (non-hydrogen) atoms. The maximum atomic E-state index is 14.3. The molecule has 228 valence electrons. The summed E-state index contributed by atoms with van der Waals surface area (Å²) >= 11 is 0. The third-order valence-corrected chi connectivity index (χ3v) is 8.13. The van der Waals surface area contributed by atoms with Gasteiger partial charge < -0.3 is 30.0 Å². The first kappa shape index (κ1) is 30.6. The van der Waals surface area contributed by atoms with Gasteiger partial charge in [-0.15, -0.1) is 0 Å². The molecule has 1 aliphatic carbocycles. The van der Waals surface area contributed by atoms with Gasteiger partial charge >= 0.3 is 0 Å². The largest absolute Gasteiger partial charge is 0.495 e. The predicted octanol–water partition coefficient (Wildman–Crippen LogP) is 5.57. The fourth-order valence-corrected chi connectivity index (χ4v) is 6.26. The van der Waals surface area contributed by atoms with Crippen molar-refractivity contribution in [1.29, 1.82) is 0 Å². The van der Waals surface area contributed by atoms with E-state index in [-0.39, 0.29) is 0 Å². The minimum Gasteiger partial charge on any atom is -0.495 e. The van der Waals surface area contributed by atoms with Gasteiger partial charge in [-0.2, -0.15) is 0 Å². The lowest BCUT2D eigenvalue weighted by molar-refractivity contribution is -0.150. The summed E-state index contributed by atoms with van der Waals surface area (Å²) in [4.78, 5) is 42.5. The highest BCUT2D eigenvalue weighted by Gasteiger charge is 2.57. The van der Waals surface area contributed by atoms with Crippen LogP contribution < -0.4 is 24.8 Å². The van der Waals surface area contributed by atoms with Gasteiger partial charge in [0.1, 0.15) is 28.9 Å². The molecular formula is C35H36N2O7. The number of Topliss-reactive ketones (excluding diaryl/α,β-unsaturated/α-hetero) is 1. The van der Waals surface area contributed by atoms with Crippen molar-refractivity contribution in [2.24, 2.45) is 11.8 Å². The molecule has 2 amide bonds. The number of hydrogen-bond acceptors (Lipinski definition) is 7. The summed E-state index contributed by atoms with van der Waals surface area (Å²) in [5.74, 6) is -4.12. The molecule has 9 nitrogen and oxygen atoms in total. The molecular weight excluding hydrogens is 560 g/mol. The highest BCUT2D eigenvalue weighted by molar-refractivity contribution is 6.11. The number of benzene rings is 4. The van der Waals surface area contributed by atoms with Crippen molar-refractivity contribution in [3.8, 4) is 17.2 Å². The molecule has 0 bridgehead atoms. The molecule has 0 heterocycles. The number of amides is 2. The number of fused-ring (bicyclic) bond motifs is 1. The van der Waals surface area contributed by atoms with Crippen LogP contribution >= 0.6 is 0 Å². The van der Waals surface area contributed by atoms with Crippen molar-refractivity contribution >= 4 is 39.7 Å². The number of rotatable bonds is 9. The van der Waals surface area contributed by atoms with E-state index in [9.17, 15) is 19.5 Å². The van der Waals surface area contributed by atoms with Gasteiger partial charge in [0, 0.05) is 17.9 Å². The van der Waals surface area contributed by atoms with Crippen molar-refractivity contribution in [3.05, 3.63) is 90.5 Å². The average molecular weight is 597 g/mol. The molecule has 1 saturated carbocycles. The molecule has 4 aromatic carbocycles. The quantitative estimate of drug-likeness (QED) is 0.216. The van der Waals surface area contributed by atoms with Crippen LogP contribution in [0.4, 0.5) is 11.4 Å². The Bertz CT molecular complexity index is 1700. The summed E-state index contributed by atoms with van der Waals surface area (Å²) in [6.45, 7) is 3.60. The molecule has 0 aromatic heterocycles. The van der Waals surface area contributed by atoms with Gasteiger partial charge in [0.15, 0.2) is 0 Å². The lowest BCUT2D eigenvalue weighted by atomic mass is 9.60. The van der Waals surface area contributed by atoms with Gasteiger partial charge in [-0.25, -0.2) is 0 Å². The van der Waals surface area contributed by atoms with Gasteiger partial charge in [0.2, 0.25) is 11.8 Å². The molecule has 3 N–H and O–H groups in total. The summed E-state index contributed by atoms with van der Waals surface area (Å²) < 4.78 is 16.9. The number of ether oxygens (including phenoxy) is 3. The van der Waals surface area contributed by atoms with Crippen LogP contribution in [0.3, 0.4) is 0 Å².